The van der Waals surface area contributed by atoms with Gasteiger partial charge in [0.15, 0.2) is 0 Å². The van der Waals surface area contributed by atoms with Crippen molar-refractivity contribution in [1.82, 2.24) is 4.90 Å². The van der Waals surface area contributed by atoms with Crippen LogP contribution in [-0.4, -0.2) is 17.5 Å². The van der Waals surface area contributed by atoms with Gasteiger partial charge < -0.3 is 0 Å². The predicted octanol–water partition coefficient (Wildman–Crippen LogP) is 4.14. The molecule has 1 aromatic carbocycles. The van der Waals surface area contributed by atoms with Gasteiger partial charge in [0.2, 0.25) is 0 Å². The molecule has 1 atom stereocenters. The van der Waals surface area contributed by atoms with Gasteiger partial charge in [-0.1, -0.05) is 34.5 Å². The summed E-state index contributed by atoms with van der Waals surface area (Å²) in [6.07, 6.45) is 6.96. The van der Waals surface area contributed by atoms with Gasteiger partial charge in [0.25, 0.3) is 0 Å². The maximum atomic E-state index is 3.58. The van der Waals surface area contributed by atoms with Gasteiger partial charge in [0, 0.05) is 16.6 Å². The normalized spacial score (nSPS) is 26.9. The molecule has 1 saturated carbocycles. The highest BCUT2D eigenvalue weighted by molar-refractivity contribution is 9.10. The fourth-order valence-corrected chi connectivity index (χ4v) is 3.29. The Morgan fingerprint density at radius 2 is 2.00 bits per heavy atom. The monoisotopic (exact) mass is 279 g/mol. The molecule has 2 aliphatic rings. The Morgan fingerprint density at radius 1 is 1.12 bits per heavy atom. The average molecular weight is 280 g/mol. The summed E-state index contributed by atoms with van der Waals surface area (Å²) < 4.78 is 1.21. The lowest BCUT2D eigenvalue weighted by atomic mass is 9.95. The Labute approximate surface area is 106 Å². The molecule has 1 aliphatic carbocycles. The van der Waals surface area contributed by atoms with E-state index in [1.165, 1.54) is 48.7 Å². The third-order valence-corrected chi connectivity index (χ3v) is 4.29. The van der Waals surface area contributed by atoms with Crippen molar-refractivity contribution in [1.29, 1.82) is 0 Å². The molecule has 0 aromatic heterocycles. The number of halogens is 1. The van der Waals surface area contributed by atoms with E-state index in [4.69, 9.17) is 0 Å². The van der Waals surface area contributed by atoms with Gasteiger partial charge in [-0.15, -0.1) is 0 Å². The van der Waals surface area contributed by atoms with Crippen molar-refractivity contribution in [2.75, 3.05) is 6.54 Å². The zero-order chi connectivity index (χ0) is 11.0. The molecule has 1 unspecified atom stereocenters. The molecule has 1 aliphatic heterocycles. The van der Waals surface area contributed by atoms with E-state index in [1.807, 2.05) is 0 Å². The van der Waals surface area contributed by atoms with E-state index in [0.29, 0.717) is 6.04 Å². The van der Waals surface area contributed by atoms with Gasteiger partial charge in [0.1, 0.15) is 0 Å². The van der Waals surface area contributed by atoms with E-state index in [9.17, 15) is 0 Å². The Balaban J connectivity index is 1.85. The fourth-order valence-electron chi connectivity index (χ4n) is 2.87. The largest absolute Gasteiger partial charge is 0.293 e. The third kappa shape index (κ3) is 2.18. The number of rotatable bonds is 2. The molecule has 1 aromatic rings. The summed E-state index contributed by atoms with van der Waals surface area (Å²) in [7, 11) is 0. The SMILES string of the molecule is Brc1cccc(C2CCCCN2C2CC2)c1. The van der Waals surface area contributed by atoms with Crippen LogP contribution < -0.4 is 0 Å². The van der Waals surface area contributed by atoms with Crippen LogP contribution in [0.5, 0.6) is 0 Å². The highest BCUT2D eigenvalue weighted by atomic mass is 79.9. The van der Waals surface area contributed by atoms with Crippen LogP contribution in [0.4, 0.5) is 0 Å². The number of piperidine rings is 1. The van der Waals surface area contributed by atoms with Gasteiger partial charge >= 0.3 is 0 Å². The van der Waals surface area contributed by atoms with Crippen molar-refractivity contribution in [3.63, 3.8) is 0 Å². The smallest absolute Gasteiger partial charge is 0.0351 e. The van der Waals surface area contributed by atoms with Gasteiger partial charge in [0.05, 0.1) is 0 Å². The summed E-state index contributed by atoms with van der Waals surface area (Å²) in [6.45, 7) is 1.31. The fraction of sp³-hybridized carbons (Fsp3) is 0.571. The van der Waals surface area contributed by atoms with E-state index < -0.39 is 0 Å². The minimum atomic E-state index is 0.679. The van der Waals surface area contributed by atoms with Crippen LogP contribution in [0.1, 0.15) is 43.7 Å². The quantitative estimate of drug-likeness (QED) is 0.787. The standard InChI is InChI=1S/C14H18BrN/c15-12-5-3-4-11(10-12)14-6-1-2-9-16(14)13-7-8-13/h3-5,10,13-14H,1-2,6-9H2. The number of likely N-dealkylation sites (tertiary alicyclic amines) is 1. The van der Waals surface area contributed by atoms with Gasteiger partial charge in [-0.2, -0.15) is 0 Å². The maximum Gasteiger partial charge on any atom is 0.0351 e. The van der Waals surface area contributed by atoms with Crippen molar-refractivity contribution < 1.29 is 0 Å². The van der Waals surface area contributed by atoms with Crippen LogP contribution in [0, 0.1) is 0 Å². The lowest BCUT2D eigenvalue weighted by molar-refractivity contribution is 0.139. The molecule has 0 N–H and O–H groups in total. The van der Waals surface area contributed by atoms with Gasteiger partial charge in [-0.3, -0.25) is 4.90 Å². The maximum absolute atomic E-state index is 3.58. The lowest BCUT2D eigenvalue weighted by Crippen LogP contribution is -2.35. The molecule has 1 heterocycles. The molecule has 0 amide bonds. The molecule has 1 saturated heterocycles. The number of hydrogen-bond donors (Lipinski definition) is 0. The Hall–Kier alpha value is -0.340. The van der Waals surface area contributed by atoms with Crippen molar-refractivity contribution >= 4 is 15.9 Å². The first-order chi connectivity index (χ1) is 7.84. The molecule has 0 spiro atoms. The molecule has 0 radical (unpaired) electrons. The molecule has 2 heteroatoms. The highest BCUT2D eigenvalue weighted by Gasteiger charge is 2.35. The molecule has 1 nitrogen and oxygen atoms in total. The highest BCUT2D eigenvalue weighted by Crippen LogP contribution is 2.40. The third-order valence-electron chi connectivity index (χ3n) is 3.79. The van der Waals surface area contributed by atoms with Crippen molar-refractivity contribution in [3.05, 3.63) is 34.3 Å². The van der Waals surface area contributed by atoms with E-state index in [1.54, 1.807) is 0 Å². The summed E-state index contributed by atoms with van der Waals surface area (Å²) in [5.74, 6) is 0. The summed E-state index contributed by atoms with van der Waals surface area (Å²) in [6, 6.07) is 10.4. The molecule has 3 rings (SSSR count). The molecular formula is C14H18BrN. The van der Waals surface area contributed by atoms with E-state index >= 15 is 0 Å². The van der Waals surface area contributed by atoms with Crippen molar-refractivity contribution in [3.8, 4) is 0 Å². The van der Waals surface area contributed by atoms with E-state index in [2.05, 4.69) is 45.1 Å². The molecule has 2 fully saturated rings. The summed E-state index contributed by atoms with van der Waals surface area (Å²) >= 11 is 3.58. The topological polar surface area (TPSA) is 3.24 Å². The first-order valence-corrected chi connectivity index (χ1v) is 7.15. The van der Waals surface area contributed by atoms with Crippen LogP contribution >= 0.6 is 15.9 Å². The molecular weight excluding hydrogens is 262 g/mol. The summed E-state index contributed by atoms with van der Waals surface area (Å²) in [4.78, 5) is 2.74. The van der Waals surface area contributed by atoms with Crippen molar-refractivity contribution in [2.45, 2.75) is 44.2 Å². The number of benzene rings is 1. The molecule has 0 bridgehead atoms. The van der Waals surface area contributed by atoms with E-state index in [-0.39, 0.29) is 0 Å². The number of hydrogen-bond acceptors (Lipinski definition) is 1. The zero-order valence-electron chi connectivity index (χ0n) is 9.53. The van der Waals surface area contributed by atoms with Crippen LogP contribution in [0.25, 0.3) is 0 Å². The minimum Gasteiger partial charge on any atom is -0.293 e. The molecule has 86 valence electrons. The first kappa shape index (κ1) is 10.8. The zero-order valence-corrected chi connectivity index (χ0v) is 11.1. The molecule has 16 heavy (non-hydrogen) atoms. The number of nitrogens with zero attached hydrogens (tertiary/aromatic N) is 1. The van der Waals surface area contributed by atoms with Crippen LogP contribution in [0.3, 0.4) is 0 Å². The minimum absolute atomic E-state index is 0.679. The predicted molar refractivity (Wildman–Crippen MR) is 70.5 cm³/mol. The summed E-state index contributed by atoms with van der Waals surface area (Å²) in [5, 5.41) is 0. The van der Waals surface area contributed by atoms with E-state index in [0.717, 1.165) is 6.04 Å². The second-order valence-corrected chi connectivity index (χ2v) is 5.95. The van der Waals surface area contributed by atoms with Crippen LogP contribution in [-0.2, 0) is 0 Å². The van der Waals surface area contributed by atoms with Crippen LogP contribution in [0.15, 0.2) is 28.7 Å². The Kier molecular flexibility index (Phi) is 3.03. The lowest BCUT2D eigenvalue weighted by Gasteiger charge is -2.36. The van der Waals surface area contributed by atoms with Gasteiger partial charge in [-0.05, 0) is 49.9 Å². The second kappa shape index (κ2) is 4.50. The Morgan fingerprint density at radius 3 is 2.75 bits per heavy atom. The Bertz CT molecular complexity index is 373. The van der Waals surface area contributed by atoms with Crippen molar-refractivity contribution in [2.24, 2.45) is 0 Å². The second-order valence-electron chi connectivity index (χ2n) is 5.04. The van der Waals surface area contributed by atoms with Crippen LogP contribution in [0.2, 0.25) is 0 Å². The first-order valence-electron chi connectivity index (χ1n) is 6.36. The summed E-state index contributed by atoms with van der Waals surface area (Å²) in [5.41, 5.74) is 1.50. The van der Waals surface area contributed by atoms with Gasteiger partial charge in [-0.25, -0.2) is 0 Å². The average Bonchev–Trinajstić information content (AvgIpc) is 3.13.